The summed E-state index contributed by atoms with van der Waals surface area (Å²) in [7, 11) is 0. The predicted molar refractivity (Wildman–Crippen MR) is 138 cm³/mol. The molecule has 1 N–H and O–H groups in total. The molecule has 0 aliphatic carbocycles. The lowest BCUT2D eigenvalue weighted by Gasteiger charge is -2.24. The molecule has 34 heavy (non-hydrogen) atoms. The average molecular weight is 490 g/mol. The van der Waals surface area contributed by atoms with Crippen LogP contribution in [0.2, 0.25) is 0 Å². The zero-order chi connectivity index (χ0) is 23.8. The van der Waals surface area contributed by atoms with E-state index in [2.05, 4.69) is 9.39 Å². The van der Waals surface area contributed by atoms with Crippen molar-refractivity contribution in [2.75, 3.05) is 0 Å². The second kappa shape index (κ2) is 9.08. The van der Waals surface area contributed by atoms with E-state index in [9.17, 15) is 9.18 Å². The summed E-state index contributed by atoms with van der Waals surface area (Å²) in [5.74, 6) is 0.00336. The van der Waals surface area contributed by atoms with Gasteiger partial charge in [-0.1, -0.05) is 42.1 Å². The van der Waals surface area contributed by atoms with Crippen molar-refractivity contribution in [2.24, 2.45) is 9.39 Å². The number of carbonyl (C=O) groups excluding carboxylic acids is 1. The summed E-state index contributed by atoms with van der Waals surface area (Å²) in [6, 6.07) is 18.2. The molecular formula is C25H20FN5OS2. The van der Waals surface area contributed by atoms with Gasteiger partial charge in [0.25, 0.3) is 5.91 Å². The molecule has 3 heterocycles. The Morgan fingerprint density at radius 1 is 1.12 bits per heavy atom. The van der Waals surface area contributed by atoms with Gasteiger partial charge < -0.3 is 4.57 Å². The highest BCUT2D eigenvalue weighted by molar-refractivity contribution is 8.18. The number of carbonyl (C=O) groups is 1. The molecule has 0 saturated heterocycles. The number of amidine groups is 3. The topological polar surface area (TPSA) is 73.8 Å². The van der Waals surface area contributed by atoms with E-state index in [1.165, 1.54) is 23.9 Å². The minimum Gasteiger partial charge on any atom is -0.318 e. The Morgan fingerprint density at radius 2 is 1.85 bits per heavy atom. The molecule has 0 atom stereocenters. The van der Waals surface area contributed by atoms with E-state index in [-0.39, 0.29) is 17.2 Å². The van der Waals surface area contributed by atoms with Gasteiger partial charge in [0.2, 0.25) is 5.17 Å². The van der Waals surface area contributed by atoms with Crippen molar-refractivity contribution < 1.29 is 9.18 Å². The van der Waals surface area contributed by atoms with Crippen LogP contribution in [0.1, 0.15) is 22.5 Å². The molecule has 6 nitrogen and oxygen atoms in total. The Bertz CT molecular complexity index is 1390. The number of aromatic nitrogens is 1. The van der Waals surface area contributed by atoms with Gasteiger partial charge in [-0.2, -0.15) is 9.39 Å². The first-order valence-corrected chi connectivity index (χ1v) is 12.3. The van der Waals surface area contributed by atoms with Crippen molar-refractivity contribution in [1.29, 1.82) is 5.41 Å². The van der Waals surface area contributed by atoms with E-state index in [0.29, 0.717) is 16.1 Å². The fourth-order valence-electron chi connectivity index (χ4n) is 3.89. The van der Waals surface area contributed by atoms with Crippen LogP contribution in [0.5, 0.6) is 0 Å². The zero-order valence-electron chi connectivity index (χ0n) is 18.4. The van der Waals surface area contributed by atoms with Crippen molar-refractivity contribution in [3.63, 3.8) is 0 Å². The molecule has 0 bridgehead atoms. The zero-order valence-corrected chi connectivity index (χ0v) is 20.1. The fourth-order valence-corrected chi connectivity index (χ4v) is 5.69. The van der Waals surface area contributed by atoms with Crippen LogP contribution in [0, 0.1) is 25.1 Å². The Kier molecular flexibility index (Phi) is 5.97. The molecule has 3 aromatic rings. The van der Waals surface area contributed by atoms with Crippen LogP contribution < -0.4 is 0 Å². The number of aliphatic imine (C=N–C) groups is 1. The first-order valence-electron chi connectivity index (χ1n) is 10.5. The standard InChI is InChI=1S/C25H20FN5OS2/c1-15-12-18(16(2)30(15)20-10-8-19(26)9-11-20)13-21-22(27)31-24(28-23(21)32)34-29-25(31)33-14-17-6-4-3-5-7-17/h3-13,27H,14H2,1-2H3/b21-13-,27-22?. The Hall–Kier alpha value is -3.43. The molecular weight excluding hydrogens is 469 g/mol. The summed E-state index contributed by atoms with van der Waals surface area (Å²) < 4.78 is 19.8. The monoisotopic (exact) mass is 489 g/mol. The van der Waals surface area contributed by atoms with Gasteiger partial charge >= 0.3 is 0 Å². The van der Waals surface area contributed by atoms with Crippen molar-refractivity contribution in [2.45, 2.75) is 19.6 Å². The summed E-state index contributed by atoms with van der Waals surface area (Å²) in [6.45, 7) is 3.88. The van der Waals surface area contributed by atoms with E-state index < -0.39 is 5.91 Å². The lowest BCUT2D eigenvalue weighted by molar-refractivity contribution is -0.114. The summed E-state index contributed by atoms with van der Waals surface area (Å²) in [5, 5.41) is 9.82. The highest BCUT2D eigenvalue weighted by Crippen LogP contribution is 2.33. The summed E-state index contributed by atoms with van der Waals surface area (Å²) in [4.78, 5) is 18.6. The number of halogens is 1. The fraction of sp³-hybridized carbons (Fsp3) is 0.120. The van der Waals surface area contributed by atoms with Gasteiger partial charge in [0, 0.05) is 22.8 Å². The normalized spacial score (nSPS) is 16.7. The number of thioether (sulfide) groups is 1. The molecule has 1 aromatic heterocycles. The molecule has 0 spiro atoms. The molecule has 9 heteroatoms. The predicted octanol–water partition coefficient (Wildman–Crippen LogP) is 5.74. The largest absolute Gasteiger partial charge is 0.318 e. The van der Waals surface area contributed by atoms with Crippen LogP contribution in [0.3, 0.4) is 0 Å². The summed E-state index contributed by atoms with van der Waals surface area (Å²) in [6.07, 6.45) is 1.70. The molecule has 5 rings (SSSR count). The van der Waals surface area contributed by atoms with Gasteiger partial charge in [-0.15, -0.1) is 0 Å². The van der Waals surface area contributed by atoms with E-state index in [4.69, 9.17) is 5.41 Å². The number of aryl methyl sites for hydroxylation is 1. The second-order valence-corrected chi connectivity index (χ2v) is 9.49. The highest BCUT2D eigenvalue weighted by Gasteiger charge is 2.37. The van der Waals surface area contributed by atoms with Crippen LogP contribution in [0.4, 0.5) is 4.39 Å². The van der Waals surface area contributed by atoms with Gasteiger partial charge in [-0.25, -0.2) is 9.29 Å². The lowest BCUT2D eigenvalue weighted by atomic mass is 10.1. The number of amides is 1. The highest BCUT2D eigenvalue weighted by atomic mass is 32.2. The Labute approximate surface area is 204 Å². The number of nitrogens with zero attached hydrogens (tertiary/aromatic N) is 4. The van der Waals surface area contributed by atoms with Crippen molar-refractivity contribution in [3.8, 4) is 5.69 Å². The number of benzene rings is 2. The van der Waals surface area contributed by atoms with Crippen LogP contribution in [0.15, 0.2) is 75.6 Å². The molecule has 0 saturated carbocycles. The Morgan fingerprint density at radius 3 is 2.59 bits per heavy atom. The third-order valence-electron chi connectivity index (χ3n) is 5.56. The molecule has 0 fully saturated rings. The van der Waals surface area contributed by atoms with Crippen LogP contribution in [-0.4, -0.2) is 31.5 Å². The number of hydrogen-bond acceptors (Lipinski definition) is 5. The second-order valence-electron chi connectivity index (χ2n) is 7.82. The van der Waals surface area contributed by atoms with Gasteiger partial charge in [0.15, 0.2) is 5.17 Å². The average Bonchev–Trinajstić information content (AvgIpc) is 3.36. The van der Waals surface area contributed by atoms with Gasteiger partial charge in [0.05, 0.1) is 17.5 Å². The quantitative estimate of drug-likeness (QED) is 0.374. The molecule has 170 valence electrons. The first-order chi connectivity index (χ1) is 16.4. The van der Waals surface area contributed by atoms with E-state index in [0.717, 1.165) is 40.2 Å². The van der Waals surface area contributed by atoms with Gasteiger partial charge in [0.1, 0.15) is 11.7 Å². The summed E-state index contributed by atoms with van der Waals surface area (Å²) >= 11 is 2.62. The van der Waals surface area contributed by atoms with Crippen molar-refractivity contribution in [3.05, 3.63) is 94.6 Å². The maximum atomic E-state index is 13.4. The van der Waals surface area contributed by atoms with E-state index >= 15 is 0 Å². The molecule has 1 amide bonds. The number of fused-ring (bicyclic) bond motifs is 1. The third kappa shape index (κ3) is 4.12. The van der Waals surface area contributed by atoms with Gasteiger partial charge in [-0.05, 0) is 61.4 Å². The molecule has 2 aliphatic rings. The SMILES string of the molecule is Cc1cc(/C=C2/C(=N)N3C(SCc4ccccc4)=NSC3=NC2=O)c(C)n1-c1ccc(F)cc1. The smallest absolute Gasteiger partial charge is 0.283 e. The van der Waals surface area contributed by atoms with E-state index in [1.54, 1.807) is 23.1 Å². The maximum Gasteiger partial charge on any atom is 0.283 e. The lowest BCUT2D eigenvalue weighted by Crippen LogP contribution is -2.41. The number of rotatable bonds is 4. The van der Waals surface area contributed by atoms with Crippen molar-refractivity contribution >= 4 is 51.9 Å². The maximum absolute atomic E-state index is 13.4. The van der Waals surface area contributed by atoms with Crippen molar-refractivity contribution in [1.82, 2.24) is 9.47 Å². The molecule has 2 aromatic carbocycles. The van der Waals surface area contributed by atoms with Gasteiger partial charge in [-0.3, -0.25) is 10.2 Å². The van der Waals surface area contributed by atoms with Crippen LogP contribution >= 0.6 is 23.7 Å². The Balaban J connectivity index is 1.44. The van der Waals surface area contributed by atoms with Crippen LogP contribution in [0.25, 0.3) is 11.8 Å². The summed E-state index contributed by atoms with van der Waals surface area (Å²) in [5.41, 5.74) is 4.81. The molecule has 0 radical (unpaired) electrons. The number of nitrogens with one attached hydrogen (secondary N) is 1. The number of hydrogen-bond donors (Lipinski definition) is 1. The third-order valence-corrected chi connectivity index (χ3v) is 7.39. The molecule has 2 aliphatic heterocycles. The minimum absolute atomic E-state index is 0.0610. The van der Waals surface area contributed by atoms with Crippen LogP contribution in [-0.2, 0) is 10.5 Å². The van der Waals surface area contributed by atoms with E-state index in [1.807, 2.05) is 54.8 Å². The minimum atomic E-state index is -0.458. The molecule has 0 unspecified atom stereocenters. The first kappa shape index (κ1) is 22.4.